The summed E-state index contributed by atoms with van der Waals surface area (Å²) in [4.78, 5) is 39.3. The fourth-order valence-corrected chi connectivity index (χ4v) is 4.54. The molecule has 11 heteroatoms. The van der Waals surface area contributed by atoms with Crippen molar-refractivity contribution in [3.63, 3.8) is 0 Å². The van der Waals surface area contributed by atoms with Gasteiger partial charge >= 0.3 is 11.7 Å². The van der Waals surface area contributed by atoms with Crippen LogP contribution in [0.4, 0.5) is 0 Å². The number of hydrogen-bond donors (Lipinski definition) is 1. The van der Waals surface area contributed by atoms with E-state index in [4.69, 9.17) is 4.74 Å². The van der Waals surface area contributed by atoms with Crippen LogP contribution in [0.5, 0.6) is 0 Å². The molecule has 2 aromatic carbocycles. The van der Waals surface area contributed by atoms with E-state index in [2.05, 4.69) is 20.6 Å². The van der Waals surface area contributed by atoms with Gasteiger partial charge in [0, 0.05) is 12.6 Å². The van der Waals surface area contributed by atoms with Gasteiger partial charge in [-0.3, -0.25) is 13.9 Å². The molecule has 1 N–H and O–H groups in total. The van der Waals surface area contributed by atoms with Gasteiger partial charge in [-0.05, 0) is 22.4 Å². The second-order valence-electron chi connectivity index (χ2n) is 7.56. The van der Waals surface area contributed by atoms with Crippen LogP contribution in [0.25, 0.3) is 21.6 Å². The van der Waals surface area contributed by atoms with E-state index >= 15 is 0 Å². The average Bonchev–Trinajstić information content (AvgIpc) is 3.56. The fraction of sp³-hybridized carbons (Fsp3) is 0.130. The smallest absolute Gasteiger partial charge is 0.348 e. The Morgan fingerprint density at radius 3 is 2.53 bits per heavy atom. The SMILES string of the molecule is Cn1c(=O)n(Cc2ccc(-c3nn[nH]n3)cc2)c(=O)c2cc(C(=O)OCc3ccccc3)sc21. The number of aryl methyl sites for hydroxylation is 1. The minimum Gasteiger partial charge on any atom is -0.457 e. The first-order chi connectivity index (χ1) is 16.5. The van der Waals surface area contributed by atoms with Crippen LogP contribution in [0, 0.1) is 0 Å². The number of ether oxygens (including phenoxy) is 1. The first-order valence-corrected chi connectivity index (χ1v) is 11.1. The number of H-pyrrole nitrogens is 1. The monoisotopic (exact) mass is 474 g/mol. The zero-order chi connectivity index (χ0) is 23.7. The van der Waals surface area contributed by atoms with Crippen LogP contribution < -0.4 is 11.2 Å². The maximum Gasteiger partial charge on any atom is 0.348 e. The van der Waals surface area contributed by atoms with Crippen LogP contribution in [-0.4, -0.2) is 35.7 Å². The Hall–Kier alpha value is -4.38. The highest BCUT2D eigenvalue weighted by molar-refractivity contribution is 7.20. The number of hydrogen-bond acceptors (Lipinski definition) is 8. The number of carbonyl (C=O) groups excluding carboxylic acids is 1. The molecule has 0 saturated carbocycles. The minimum absolute atomic E-state index is 0.0810. The Morgan fingerprint density at radius 2 is 1.82 bits per heavy atom. The molecule has 34 heavy (non-hydrogen) atoms. The van der Waals surface area contributed by atoms with E-state index in [9.17, 15) is 14.4 Å². The molecule has 0 bridgehead atoms. The summed E-state index contributed by atoms with van der Waals surface area (Å²) >= 11 is 1.06. The second-order valence-corrected chi connectivity index (χ2v) is 8.59. The lowest BCUT2D eigenvalue weighted by Gasteiger charge is -2.08. The van der Waals surface area contributed by atoms with E-state index in [1.807, 2.05) is 30.3 Å². The minimum atomic E-state index is -0.541. The van der Waals surface area contributed by atoms with Crippen LogP contribution in [0.2, 0.25) is 0 Å². The van der Waals surface area contributed by atoms with E-state index in [-0.39, 0.29) is 18.0 Å². The topological polar surface area (TPSA) is 125 Å². The molecular formula is C23H18N6O4S. The summed E-state index contributed by atoms with van der Waals surface area (Å²) in [6.07, 6.45) is 0. The molecule has 3 aromatic heterocycles. The highest BCUT2D eigenvalue weighted by Crippen LogP contribution is 2.23. The summed E-state index contributed by atoms with van der Waals surface area (Å²) in [6.45, 7) is 0.203. The summed E-state index contributed by atoms with van der Waals surface area (Å²) in [5.74, 6) is -0.0912. The molecule has 10 nitrogen and oxygen atoms in total. The maximum atomic E-state index is 13.1. The van der Waals surface area contributed by atoms with Gasteiger partial charge in [0.2, 0.25) is 5.82 Å². The molecule has 0 aliphatic rings. The van der Waals surface area contributed by atoms with Crippen LogP contribution in [-0.2, 0) is 24.9 Å². The average molecular weight is 475 g/mol. The van der Waals surface area contributed by atoms with Crippen LogP contribution in [0.3, 0.4) is 0 Å². The van der Waals surface area contributed by atoms with Crippen molar-refractivity contribution in [3.8, 4) is 11.4 Å². The van der Waals surface area contributed by atoms with E-state index in [0.29, 0.717) is 16.0 Å². The molecule has 3 heterocycles. The molecule has 0 spiro atoms. The summed E-state index contributed by atoms with van der Waals surface area (Å²) in [5.41, 5.74) is 1.44. The first kappa shape index (κ1) is 21.5. The first-order valence-electron chi connectivity index (χ1n) is 10.3. The van der Waals surface area contributed by atoms with Crippen molar-refractivity contribution in [2.45, 2.75) is 13.2 Å². The predicted octanol–water partition coefficient (Wildman–Crippen LogP) is 2.35. The van der Waals surface area contributed by atoms with Crippen molar-refractivity contribution in [3.05, 3.63) is 97.5 Å². The van der Waals surface area contributed by atoms with Crippen LogP contribution in [0.1, 0.15) is 20.8 Å². The summed E-state index contributed by atoms with van der Waals surface area (Å²) < 4.78 is 7.91. The number of fused-ring (bicyclic) bond motifs is 1. The number of rotatable bonds is 6. The third kappa shape index (κ3) is 4.04. The molecule has 0 amide bonds. The Morgan fingerprint density at radius 1 is 1.06 bits per heavy atom. The maximum absolute atomic E-state index is 13.1. The van der Waals surface area contributed by atoms with Crippen molar-refractivity contribution in [2.24, 2.45) is 7.05 Å². The second kappa shape index (κ2) is 8.87. The molecule has 170 valence electrons. The van der Waals surface area contributed by atoms with Crippen molar-refractivity contribution in [2.75, 3.05) is 0 Å². The predicted molar refractivity (Wildman–Crippen MR) is 126 cm³/mol. The molecule has 0 atom stereocenters. The zero-order valence-corrected chi connectivity index (χ0v) is 18.8. The Balaban J connectivity index is 1.43. The summed E-state index contributed by atoms with van der Waals surface area (Å²) in [6, 6.07) is 18.0. The van der Waals surface area contributed by atoms with Crippen LogP contribution in [0.15, 0.2) is 70.3 Å². The van der Waals surface area contributed by atoms with E-state index < -0.39 is 17.2 Å². The zero-order valence-electron chi connectivity index (χ0n) is 18.0. The van der Waals surface area contributed by atoms with Gasteiger partial charge in [0.05, 0.1) is 11.9 Å². The quantitative estimate of drug-likeness (QED) is 0.375. The number of benzene rings is 2. The number of aromatic amines is 1. The lowest BCUT2D eigenvalue weighted by atomic mass is 10.1. The molecule has 0 radical (unpaired) electrons. The van der Waals surface area contributed by atoms with E-state index in [0.717, 1.165) is 32.6 Å². The third-order valence-electron chi connectivity index (χ3n) is 5.32. The molecule has 0 unspecified atom stereocenters. The number of nitrogens with one attached hydrogen (secondary N) is 1. The molecule has 0 aliphatic heterocycles. The van der Waals surface area contributed by atoms with Gasteiger partial charge in [-0.15, -0.1) is 21.5 Å². The number of aromatic nitrogens is 6. The molecule has 0 aliphatic carbocycles. The molecule has 5 aromatic rings. The van der Waals surface area contributed by atoms with Gasteiger partial charge in [0.15, 0.2) is 0 Å². The Labute approximate surface area is 196 Å². The van der Waals surface area contributed by atoms with Gasteiger partial charge in [-0.25, -0.2) is 9.59 Å². The lowest BCUT2D eigenvalue weighted by molar-refractivity contribution is 0.0478. The Bertz CT molecular complexity index is 1590. The van der Waals surface area contributed by atoms with Crippen molar-refractivity contribution in [1.29, 1.82) is 0 Å². The number of tetrazole rings is 1. The van der Waals surface area contributed by atoms with Gasteiger partial charge in [0.1, 0.15) is 16.3 Å². The van der Waals surface area contributed by atoms with Gasteiger partial charge < -0.3 is 4.74 Å². The molecule has 0 fully saturated rings. The Kier molecular flexibility index (Phi) is 5.60. The standard InChI is InChI=1S/C23H18N6O4S/c1-28-21-17(11-18(34-21)22(31)33-13-15-5-3-2-4-6-15)20(30)29(23(28)32)12-14-7-9-16(10-8-14)19-24-26-27-25-19/h2-11H,12-13H2,1H3,(H,24,25,26,27). The summed E-state index contributed by atoms with van der Waals surface area (Å²) in [5, 5.41) is 14.1. The fourth-order valence-electron chi connectivity index (χ4n) is 3.54. The van der Waals surface area contributed by atoms with Crippen molar-refractivity contribution < 1.29 is 9.53 Å². The number of carbonyl (C=O) groups is 1. The molecule has 0 saturated heterocycles. The van der Waals surface area contributed by atoms with Gasteiger partial charge in [-0.1, -0.05) is 54.6 Å². The number of nitrogens with zero attached hydrogens (tertiary/aromatic N) is 5. The summed E-state index contributed by atoms with van der Waals surface area (Å²) in [7, 11) is 1.58. The highest BCUT2D eigenvalue weighted by atomic mass is 32.1. The van der Waals surface area contributed by atoms with Crippen molar-refractivity contribution >= 4 is 27.5 Å². The normalized spacial score (nSPS) is 11.1. The number of thiophene rings is 1. The van der Waals surface area contributed by atoms with E-state index in [1.54, 1.807) is 31.3 Å². The lowest BCUT2D eigenvalue weighted by Crippen LogP contribution is -2.38. The van der Waals surface area contributed by atoms with Gasteiger partial charge in [-0.2, -0.15) is 5.21 Å². The molecule has 5 rings (SSSR count). The third-order valence-corrected chi connectivity index (χ3v) is 6.51. The number of esters is 1. The van der Waals surface area contributed by atoms with Crippen molar-refractivity contribution in [1.82, 2.24) is 29.8 Å². The largest absolute Gasteiger partial charge is 0.457 e. The van der Waals surface area contributed by atoms with Gasteiger partial charge in [0.25, 0.3) is 5.56 Å². The van der Waals surface area contributed by atoms with Crippen LogP contribution >= 0.6 is 11.3 Å². The highest BCUT2D eigenvalue weighted by Gasteiger charge is 2.19. The molecular weight excluding hydrogens is 456 g/mol. The van der Waals surface area contributed by atoms with E-state index in [1.165, 1.54) is 10.6 Å².